The molecule has 3 rings (SSSR count). The first-order chi connectivity index (χ1) is 14.8. The average molecular weight is 522 g/mol. The minimum absolute atomic E-state index is 0. The Bertz CT molecular complexity index is 1010. The third-order valence-corrected chi connectivity index (χ3v) is 5.58. The number of carbonyl (C=O) groups is 1. The predicted molar refractivity (Wildman–Crippen MR) is 139 cm³/mol. The van der Waals surface area contributed by atoms with E-state index < -0.39 is 5.66 Å². The van der Waals surface area contributed by atoms with Crippen molar-refractivity contribution in [2.24, 2.45) is 21.5 Å². The second-order valence-corrected chi connectivity index (χ2v) is 8.59. The summed E-state index contributed by atoms with van der Waals surface area (Å²) in [7, 11) is 0. The number of halogens is 2. The lowest BCUT2D eigenvalue weighted by Gasteiger charge is -2.38. The van der Waals surface area contributed by atoms with Crippen molar-refractivity contribution < 1.29 is 4.79 Å². The fraction of sp³-hybridized carbons (Fsp3) is 0.348. The van der Waals surface area contributed by atoms with Crippen LogP contribution in [0.5, 0.6) is 0 Å². The van der Waals surface area contributed by atoms with E-state index in [0.29, 0.717) is 11.3 Å². The largest absolute Gasteiger partial charge is 0.369 e. The van der Waals surface area contributed by atoms with Gasteiger partial charge in [-0.3, -0.25) is 9.69 Å². The number of alkyl halides is 1. The number of guanidine groups is 2. The summed E-state index contributed by atoms with van der Waals surface area (Å²) >= 11 is 3.17. The molecule has 0 unspecified atom stereocenters. The summed E-state index contributed by atoms with van der Waals surface area (Å²) in [5.74, 6) is 0.500. The maximum absolute atomic E-state index is 11.5. The highest BCUT2D eigenvalue weighted by molar-refractivity contribution is 9.09. The summed E-state index contributed by atoms with van der Waals surface area (Å²) in [6.45, 7) is 3.92. The highest BCUT2D eigenvalue weighted by Gasteiger charge is 2.32. The molecule has 7 nitrogen and oxygen atoms in total. The predicted octanol–water partition coefficient (Wildman–Crippen LogP) is 4.19. The van der Waals surface area contributed by atoms with Gasteiger partial charge in [-0.15, -0.1) is 12.4 Å². The van der Waals surface area contributed by atoms with E-state index >= 15 is 0 Å². The van der Waals surface area contributed by atoms with Gasteiger partial charge >= 0.3 is 0 Å². The van der Waals surface area contributed by atoms with Crippen LogP contribution in [0.25, 0.3) is 0 Å². The number of hydrogen-bond donors (Lipinski definition) is 3. The van der Waals surface area contributed by atoms with Crippen molar-refractivity contribution in [2.75, 3.05) is 15.5 Å². The normalized spacial score (nSPS) is 14.8. The Hall–Kier alpha value is -2.58. The highest BCUT2D eigenvalue weighted by Crippen LogP contribution is 2.28. The summed E-state index contributed by atoms with van der Waals surface area (Å²) in [6.07, 6.45) is 4.04. The molecule has 172 valence electrons. The quantitative estimate of drug-likeness (QED) is 0.357. The van der Waals surface area contributed by atoms with Crippen molar-refractivity contribution in [3.05, 3.63) is 59.7 Å². The van der Waals surface area contributed by atoms with Gasteiger partial charge in [0.1, 0.15) is 5.66 Å². The van der Waals surface area contributed by atoms with E-state index in [2.05, 4.69) is 49.4 Å². The first-order valence-electron chi connectivity index (χ1n) is 10.3. The first kappa shape index (κ1) is 25.7. The lowest BCUT2D eigenvalue weighted by atomic mass is 10.0. The monoisotopic (exact) mass is 520 g/mol. The molecule has 1 heterocycles. The lowest BCUT2D eigenvalue weighted by molar-refractivity contribution is -0.113. The summed E-state index contributed by atoms with van der Waals surface area (Å²) in [5, 5.41) is 3.16. The Morgan fingerprint density at radius 2 is 1.69 bits per heavy atom. The van der Waals surface area contributed by atoms with Gasteiger partial charge in [0.25, 0.3) is 0 Å². The number of nitrogens with two attached hydrogens (primary N) is 2. The molecule has 2 aromatic carbocycles. The third kappa shape index (κ3) is 6.71. The summed E-state index contributed by atoms with van der Waals surface area (Å²) in [6, 6.07) is 16.3. The number of nitrogens with zero attached hydrogens (tertiary/aromatic N) is 3. The van der Waals surface area contributed by atoms with E-state index in [1.165, 1.54) is 11.1 Å². The van der Waals surface area contributed by atoms with Gasteiger partial charge in [-0.05, 0) is 74.9 Å². The van der Waals surface area contributed by atoms with Crippen molar-refractivity contribution in [1.29, 1.82) is 0 Å². The number of rotatable bonds is 8. The van der Waals surface area contributed by atoms with Gasteiger partial charge in [0, 0.05) is 11.4 Å². The molecule has 0 saturated heterocycles. The van der Waals surface area contributed by atoms with Crippen LogP contribution >= 0.6 is 28.3 Å². The van der Waals surface area contributed by atoms with Gasteiger partial charge < -0.3 is 16.8 Å². The Morgan fingerprint density at radius 1 is 1.06 bits per heavy atom. The number of aliphatic imine (C=N–C) groups is 2. The zero-order valence-corrected chi connectivity index (χ0v) is 20.7. The molecular formula is C23H30BrClN6O. The standard InChI is InChI=1S/C23H29BrN6O.ClH/c1-23(2)29-21(25)28-22(26)30(23)19-12-6-10-17(14-19)8-4-3-7-16-9-5-11-18(13-16)27-20(31)15-24;/h5-6,9-14H,3-4,7-8,15H2,1-2H3,(H,27,31)(H4,25,26,28,29);1H. The average Bonchev–Trinajstić information content (AvgIpc) is 2.70. The Morgan fingerprint density at radius 3 is 2.31 bits per heavy atom. The van der Waals surface area contributed by atoms with Gasteiger partial charge in [-0.1, -0.05) is 40.2 Å². The number of anilines is 2. The second-order valence-electron chi connectivity index (χ2n) is 8.03. The topological polar surface area (TPSA) is 109 Å². The summed E-state index contributed by atoms with van der Waals surface area (Å²) in [5.41, 5.74) is 15.6. The Balaban J connectivity index is 0.00000363. The fourth-order valence-corrected chi connectivity index (χ4v) is 3.90. The number of nitrogens with one attached hydrogen (secondary N) is 1. The maximum Gasteiger partial charge on any atom is 0.235 e. The molecule has 0 radical (unpaired) electrons. The van der Waals surface area contributed by atoms with Crippen LogP contribution in [0, 0.1) is 0 Å². The smallest absolute Gasteiger partial charge is 0.235 e. The van der Waals surface area contributed by atoms with Crippen LogP contribution in [-0.4, -0.2) is 28.8 Å². The molecule has 0 bridgehead atoms. The van der Waals surface area contributed by atoms with E-state index in [1.54, 1.807) is 0 Å². The van der Waals surface area contributed by atoms with Crippen LogP contribution in [-0.2, 0) is 17.6 Å². The number of benzene rings is 2. The molecule has 0 fully saturated rings. The zero-order valence-electron chi connectivity index (χ0n) is 18.3. The summed E-state index contributed by atoms with van der Waals surface area (Å²) < 4.78 is 0. The number of unbranched alkanes of at least 4 members (excludes halogenated alkanes) is 1. The van der Waals surface area contributed by atoms with E-state index in [0.717, 1.165) is 37.1 Å². The van der Waals surface area contributed by atoms with Gasteiger partial charge in [-0.25, -0.2) is 4.99 Å². The van der Waals surface area contributed by atoms with Gasteiger partial charge in [0.15, 0.2) is 0 Å². The van der Waals surface area contributed by atoms with Gasteiger partial charge in [0.2, 0.25) is 17.8 Å². The van der Waals surface area contributed by atoms with Crippen LogP contribution in [0.15, 0.2) is 58.5 Å². The van der Waals surface area contributed by atoms with Gasteiger partial charge in [0.05, 0.1) is 5.33 Å². The van der Waals surface area contributed by atoms with Crippen LogP contribution in [0.2, 0.25) is 0 Å². The molecule has 0 spiro atoms. The molecule has 1 amide bonds. The number of amides is 1. The zero-order chi connectivity index (χ0) is 22.4. The minimum Gasteiger partial charge on any atom is -0.369 e. The summed E-state index contributed by atoms with van der Waals surface area (Å²) in [4.78, 5) is 22.0. The third-order valence-electron chi connectivity index (χ3n) is 5.08. The minimum atomic E-state index is -0.593. The van der Waals surface area contributed by atoms with Crippen molar-refractivity contribution >= 4 is 57.5 Å². The van der Waals surface area contributed by atoms with Crippen LogP contribution in [0.4, 0.5) is 11.4 Å². The molecular weight excluding hydrogens is 492 g/mol. The van der Waals surface area contributed by atoms with Crippen LogP contribution in [0.3, 0.4) is 0 Å². The van der Waals surface area contributed by atoms with Crippen LogP contribution < -0.4 is 21.7 Å². The molecule has 1 aliphatic rings. The highest BCUT2D eigenvalue weighted by atomic mass is 79.9. The Kier molecular flexibility index (Phi) is 9.09. The second kappa shape index (κ2) is 11.3. The number of carbonyl (C=O) groups excluding carboxylic acids is 1. The molecule has 9 heteroatoms. The van der Waals surface area contributed by atoms with Gasteiger partial charge in [-0.2, -0.15) is 4.99 Å². The van der Waals surface area contributed by atoms with E-state index in [4.69, 9.17) is 11.5 Å². The lowest BCUT2D eigenvalue weighted by Crippen LogP contribution is -2.54. The van der Waals surface area contributed by atoms with E-state index in [1.807, 2.05) is 49.1 Å². The SMILES string of the molecule is CC1(C)N=C(N)N=C(N)N1c1cccc(CCCCc2cccc(NC(=O)CBr)c2)c1.Cl. The first-order valence-corrected chi connectivity index (χ1v) is 11.4. The molecule has 0 aromatic heterocycles. The molecule has 32 heavy (non-hydrogen) atoms. The van der Waals surface area contributed by atoms with E-state index in [-0.39, 0.29) is 24.3 Å². The fourth-order valence-electron chi connectivity index (χ4n) is 3.76. The number of hydrogen-bond acceptors (Lipinski definition) is 6. The van der Waals surface area contributed by atoms with Crippen molar-refractivity contribution in [3.63, 3.8) is 0 Å². The molecule has 0 aliphatic carbocycles. The molecule has 5 N–H and O–H groups in total. The Labute approximate surface area is 203 Å². The van der Waals surface area contributed by atoms with Crippen LogP contribution in [0.1, 0.15) is 37.8 Å². The molecule has 0 saturated carbocycles. The number of aryl methyl sites for hydroxylation is 2. The molecule has 0 atom stereocenters. The molecule has 2 aromatic rings. The maximum atomic E-state index is 11.5. The van der Waals surface area contributed by atoms with Crippen molar-refractivity contribution in [3.8, 4) is 0 Å². The molecule has 1 aliphatic heterocycles. The van der Waals surface area contributed by atoms with Crippen molar-refractivity contribution in [2.45, 2.75) is 45.2 Å². The van der Waals surface area contributed by atoms with Crippen molar-refractivity contribution in [1.82, 2.24) is 0 Å². The van der Waals surface area contributed by atoms with E-state index in [9.17, 15) is 4.79 Å².